The third kappa shape index (κ3) is 2.94. The first kappa shape index (κ1) is 11.8. The summed E-state index contributed by atoms with van der Waals surface area (Å²) in [5, 5.41) is 3.71. The van der Waals surface area contributed by atoms with Gasteiger partial charge in [0.1, 0.15) is 0 Å². The molecule has 1 aliphatic rings. The molecule has 1 aliphatic carbocycles. The minimum Gasteiger partial charge on any atom is -0.381 e. The summed E-state index contributed by atoms with van der Waals surface area (Å²) in [6.45, 7) is 2.37. The van der Waals surface area contributed by atoms with Crippen LogP contribution in [0, 0.1) is 5.92 Å². The minimum atomic E-state index is 0.678. The molecule has 1 aromatic rings. The van der Waals surface area contributed by atoms with Crippen molar-refractivity contribution < 1.29 is 0 Å². The second-order valence-electron chi connectivity index (χ2n) is 4.81. The van der Waals surface area contributed by atoms with Crippen LogP contribution in [0.15, 0.2) is 29.2 Å². The van der Waals surface area contributed by atoms with Crippen LogP contribution in [0.5, 0.6) is 0 Å². The molecule has 2 unspecified atom stereocenters. The van der Waals surface area contributed by atoms with E-state index in [-0.39, 0.29) is 0 Å². The van der Waals surface area contributed by atoms with Crippen LogP contribution in [0.1, 0.15) is 32.6 Å². The summed E-state index contributed by atoms with van der Waals surface area (Å²) in [4.78, 5) is 1.36. The van der Waals surface area contributed by atoms with Gasteiger partial charge in [0.15, 0.2) is 0 Å². The smallest absolute Gasteiger partial charge is 0.0480 e. The zero-order valence-electron chi connectivity index (χ0n) is 10.2. The fourth-order valence-electron chi connectivity index (χ4n) is 2.55. The highest BCUT2D eigenvalue weighted by Gasteiger charge is 2.18. The lowest BCUT2D eigenvalue weighted by Gasteiger charge is -2.28. The van der Waals surface area contributed by atoms with Crippen LogP contribution in [0.4, 0.5) is 5.69 Å². The molecule has 1 N–H and O–H groups in total. The zero-order chi connectivity index (χ0) is 11.4. The summed E-state index contributed by atoms with van der Waals surface area (Å²) >= 11 is 1.82. The van der Waals surface area contributed by atoms with Gasteiger partial charge in [0.25, 0.3) is 0 Å². The van der Waals surface area contributed by atoms with Gasteiger partial charge in [-0.15, -0.1) is 11.8 Å². The summed E-state index contributed by atoms with van der Waals surface area (Å²) in [7, 11) is 0. The van der Waals surface area contributed by atoms with Crippen molar-refractivity contribution in [1.29, 1.82) is 0 Å². The van der Waals surface area contributed by atoms with E-state index in [0.717, 1.165) is 5.92 Å². The van der Waals surface area contributed by atoms with E-state index in [1.807, 2.05) is 11.8 Å². The van der Waals surface area contributed by atoms with Gasteiger partial charge in [0.05, 0.1) is 0 Å². The number of rotatable bonds is 3. The van der Waals surface area contributed by atoms with Gasteiger partial charge in [-0.2, -0.15) is 0 Å². The van der Waals surface area contributed by atoms with Crippen LogP contribution in [0.3, 0.4) is 0 Å². The van der Waals surface area contributed by atoms with E-state index in [4.69, 9.17) is 0 Å². The lowest BCUT2D eigenvalue weighted by Crippen LogP contribution is -2.26. The van der Waals surface area contributed by atoms with Crippen molar-refractivity contribution in [3.8, 4) is 0 Å². The van der Waals surface area contributed by atoms with Gasteiger partial charge in [-0.3, -0.25) is 0 Å². The summed E-state index contributed by atoms with van der Waals surface area (Å²) in [5.74, 6) is 0.882. The molecule has 0 aromatic heterocycles. The maximum absolute atomic E-state index is 3.71. The SMILES string of the molecule is CSc1ccccc1NC1CCCC(C)C1. The normalized spacial score (nSPS) is 25.4. The maximum atomic E-state index is 3.71. The van der Waals surface area contributed by atoms with Gasteiger partial charge >= 0.3 is 0 Å². The topological polar surface area (TPSA) is 12.0 Å². The average molecular weight is 235 g/mol. The van der Waals surface area contributed by atoms with Crippen molar-refractivity contribution >= 4 is 17.4 Å². The fraction of sp³-hybridized carbons (Fsp3) is 0.571. The van der Waals surface area contributed by atoms with Crippen molar-refractivity contribution in [2.75, 3.05) is 11.6 Å². The number of nitrogens with one attached hydrogen (secondary N) is 1. The standard InChI is InChI=1S/C14H21NS/c1-11-6-5-7-12(10-11)15-13-8-3-4-9-14(13)16-2/h3-4,8-9,11-12,15H,5-7,10H2,1-2H3. The molecule has 1 fully saturated rings. The number of hydrogen-bond acceptors (Lipinski definition) is 2. The second kappa shape index (κ2) is 5.62. The molecule has 0 aliphatic heterocycles. The Morgan fingerprint density at radius 3 is 2.81 bits per heavy atom. The highest BCUT2D eigenvalue weighted by atomic mass is 32.2. The number of benzene rings is 1. The molecule has 2 heteroatoms. The van der Waals surface area contributed by atoms with E-state index in [2.05, 4.69) is 42.8 Å². The molecule has 1 aromatic carbocycles. The largest absolute Gasteiger partial charge is 0.381 e. The molecule has 0 saturated heterocycles. The molecular formula is C14H21NS. The van der Waals surface area contributed by atoms with Crippen molar-refractivity contribution in [3.05, 3.63) is 24.3 Å². The van der Waals surface area contributed by atoms with E-state index in [9.17, 15) is 0 Å². The Morgan fingerprint density at radius 2 is 2.06 bits per heavy atom. The van der Waals surface area contributed by atoms with E-state index in [0.29, 0.717) is 6.04 Å². The molecule has 0 heterocycles. The molecule has 0 radical (unpaired) electrons. The minimum absolute atomic E-state index is 0.678. The van der Waals surface area contributed by atoms with Gasteiger partial charge in [-0.25, -0.2) is 0 Å². The van der Waals surface area contributed by atoms with Crippen molar-refractivity contribution in [2.24, 2.45) is 5.92 Å². The molecule has 88 valence electrons. The van der Waals surface area contributed by atoms with Crippen LogP contribution in [0.25, 0.3) is 0 Å². The molecular weight excluding hydrogens is 214 g/mol. The van der Waals surface area contributed by atoms with Crippen molar-refractivity contribution in [1.82, 2.24) is 0 Å². The first-order valence-corrected chi connectivity index (χ1v) is 7.41. The summed E-state index contributed by atoms with van der Waals surface area (Å²) in [6.07, 6.45) is 7.57. The summed E-state index contributed by atoms with van der Waals surface area (Å²) in [5.41, 5.74) is 1.31. The van der Waals surface area contributed by atoms with Gasteiger partial charge in [0, 0.05) is 16.6 Å². The molecule has 0 amide bonds. The van der Waals surface area contributed by atoms with Crippen LogP contribution >= 0.6 is 11.8 Å². The van der Waals surface area contributed by atoms with Crippen molar-refractivity contribution in [2.45, 2.75) is 43.5 Å². The molecule has 16 heavy (non-hydrogen) atoms. The Bertz CT molecular complexity index is 337. The van der Waals surface area contributed by atoms with Gasteiger partial charge in [-0.1, -0.05) is 31.9 Å². The highest BCUT2D eigenvalue weighted by Crippen LogP contribution is 2.30. The third-order valence-corrected chi connectivity index (χ3v) is 4.20. The Hall–Kier alpha value is -0.630. The predicted molar refractivity (Wildman–Crippen MR) is 73.3 cm³/mol. The Labute approximate surface area is 103 Å². The van der Waals surface area contributed by atoms with E-state index >= 15 is 0 Å². The van der Waals surface area contributed by atoms with Gasteiger partial charge in [0.2, 0.25) is 0 Å². The van der Waals surface area contributed by atoms with Gasteiger partial charge < -0.3 is 5.32 Å². The van der Waals surface area contributed by atoms with E-state index in [1.54, 1.807) is 0 Å². The fourth-order valence-corrected chi connectivity index (χ4v) is 3.11. The molecule has 2 atom stereocenters. The predicted octanol–water partition coefficient (Wildman–Crippen LogP) is 4.40. The quantitative estimate of drug-likeness (QED) is 0.779. The average Bonchev–Trinajstić information content (AvgIpc) is 2.30. The van der Waals surface area contributed by atoms with E-state index in [1.165, 1.54) is 36.3 Å². The second-order valence-corrected chi connectivity index (χ2v) is 5.66. The first-order valence-electron chi connectivity index (χ1n) is 6.19. The molecule has 1 nitrogen and oxygen atoms in total. The maximum Gasteiger partial charge on any atom is 0.0480 e. The monoisotopic (exact) mass is 235 g/mol. The lowest BCUT2D eigenvalue weighted by atomic mass is 9.87. The Morgan fingerprint density at radius 1 is 1.25 bits per heavy atom. The molecule has 0 bridgehead atoms. The first-order chi connectivity index (χ1) is 7.79. The number of para-hydroxylation sites is 1. The summed E-state index contributed by atoms with van der Waals surface area (Å²) < 4.78 is 0. The Kier molecular flexibility index (Phi) is 4.16. The Balaban J connectivity index is 2.02. The van der Waals surface area contributed by atoms with Gasteiger partial charge in [-0.05, 0) is 37.1 Å². The van der Waals surface area contributed by atoms with Crippen LogP contribution < -0.4 is 5.32 Å². The van der Waals surface area contributed by atoms with Crippen LogP contribution in [-0.2, 0) is 0 Å². The lowest BCUT2D eigenvalue weighted by molar-refractivity contribution is 0.358. The molecule has 0 spiro atoms. The zero-order valence-corrected chi connectivity index (χ0v) is 11.0. The highest BCUT2D eigenvalue weighted by molar-refractivity contribution is 7.98. The molecule has 1 saturated carbocycles. The van der Waals surface area contributed by atoms with Crippen LogP contribution in [0.2, 0.25) is 0 Å². The van der Waals surface area contributed by atoms with Crippen molar-refractivity contribution in [3.63, 3.8) is 0 Å². The number of anilines is 1. The summed E-state index contributed by atoms with van der Waals surface area (Å²) in [6, 6.07) is 9.30. The molecule has 2 rings (SSSR count). The van der Waals surface area contributed by atoms with E-state index < -0.39 is 0 Å². The number of hydrogen-bond donors (Lipinski definition) is 1. The number of thioether (sulfide) groups is 1. The van der Waals surface area contributed by atoms with Crippen LogP contribution in [-0.4, -0.2) is 12.3 Å². The third-order valence-electron chi connectivity index (χ3n) is 3.40.